The Kier molecular flexibility index (Phi) is 2.96. The van der Waals surface area contributed by atoms with Gasteiger partial charge in [0.2, 0.25) is 5.78 Å². The standard InChI is InChI=1S/C18H16FN3/c1-2-11-21-16-5-3-4-6-17(16)22-12-15(20-18(21)22)13-7-9-14(19)10-8-13/h3-10,12H,2,11H2,1H3. The van der Waals surface area contributed by atoms with E-state index in [-0.39, 0.29) is 5.82 Å². The Labute approximate surface area is 127 Å². The van der Waals surface area contributed by atoms with Crippen molar-refractivity contribution < 1.29 is 4.39 Å². The summed E-state index contributed by atoms with van der Waals surface area (Å²) in [6.07, 6.45) is 3.07. The van der Waals surface area contributed by atoms with Crippen molar-refractivity contribution in [1.29, 1.82) is 0 Å². The second-order valence-corrected chi connectivity index (χ2v) is 5.44. The number of hydrogen-bond donors (Lipinski definition) is 0. The van der Waals surface area contributed by atoms with E-state index in [2.05, 4.69) is 34.1 Å². The van der Waals surface area contributed by atoms with Crippen LogP contribution in [-0.4, -0.2) is 14.0 Å². The van der Waals surface area contributed by atoms with Gasteiger partial charge < -0.3 is 4.57 Å². The van der Waals surface area contributed by atoms with Gasteiger partial charge in [-0.15, -0.1) is 0 Å². The predicted octanol–water partition coefficient (Wildman–Crippen LogP) is 4.51. The zero-order valence-electron chi connectivity index (χ0n) is 12.3. The maximum atomic E-state index is 13.1. The summed E-state index contributed by atoms with van der Waals surface area (Å²) in [5, 5.41) is 0. The minimum Gasteiger partial charge on any atom is -0.310 e. The Morgan fingerprint density at radius 2 is 1.73 bits per heavy atom. The van der Waals surface area contributed by atoms with Crippen molar-refractivity contribution >= 4 is 16.8 Å². The van der Waals surface area contributed by atoms with Gasteiger partial charge in [0.1, 0.15) is 5.82 Å². The fourth-order valence-electron chi connectivity index (χ4n) is 2.95. The highest BCUT2D eigenvalue weighted by molar-refractivity contribution is 5.82. The van der Waals surface area contributed by atoms with E-state index in [1.807, 2.05) is 12.3 Å². The number of benzene rings is 2. The summed E-state index contributed by atoms with van der Waals surface area (Å²) in [6, 6.07) is 14.8. The number of aromatic nitrogens is 3. The zero-order chi connectivity index (χ0) is 15.1. The molecule has 0 saturated carbocycles. The lowest BCUT2D eigenvalue weighted by atomic mass is 10.2. The molecule has 4 rings (SSSR count). The van der Waals surface area contributed by atoms with Gasteiger partial charge in [0.05, 0.1) is 16.7 Å². The van der Waals surface area contributed by atoms with Crippen LogP contribution in [0.3, 0.4) is 0 Å². The summed E-state index contributed by atoms with van der Waals surface area (Å²) in [5.41, 5.74) is 4.13. The predicted molar refractivity (Wildman–Crippen MR) is 86.4 cm³/mol. The topological polar surface area (TPSA) is 22.2 Å². The number of rotatable bonds is 3. The monoisotopic (exact) mass is 293 g/mol. The summed E-state index contributed by atoms with van der Waals surface area (Å²) in [4.78, 5) is 4.77. The molecular formula is C18H16FN3. The molecule has 0 saturated heterocycles. The molecule has 0 atom stereocenters. The Morgan fingerprint density at radius 3 is 2.45 bits per heavy atom. The van der Waals surface area contributed by atoms with Gasteiger partial charge in [0.25, 0.3) is 0 Å². The summed E-state index contributed by atoms with van der Waals surface area (Å²) < 4.78 is 17.4. The van der Waals surface area contributed by atoms with E-state index < -0.39 is 0 Å². The third-order valence-corrected chi connectivity index (χ3v) is 3.95. The lowest BCUT2D eigenvalue weighted by Crippen LogP contribution is -1.97. The van der Waals surface area contributed by atoms with Crippen LogP contribution in [0.2, 0.25) is 0 Å². The van der Waals surface area contributed by atoms with Gasteiger partial charge in [-0.05, 0) is 42.8 Å². The first-order valence-electron chi connectivity index (χ1n) is 7.50. The number of nitrogens with zero attached hydrogens (tertiary/aromatic N) is 3. The van der Waals surface area contributed by atoms with Gasteiger partial charge in [-0.25, -0.2) is 9.37 Å². The molecule has 0 spiro atoms. The summed E-state index contributed by atoms with van der Waals surface area (Å²) in [7, 11) is 0. The molecule has 110 valence electrons. The Hall–Kier alpha value is -2.62. The molecule has 0 amide bonds. The lowest BCUT2D eigenvalue weighted by molar-refractivity contribution is 0.628. The number of para-hydroxylation sites is 2. The van der Waals surface area contributed by atoms with Crippen LogP contribution in [0.1, 0.15) is 13.3 Å². The second-order valence-electron chi connectivity index (χ2n) is 5.44. The largest absolute Gasteiger partial charge is 0.310 e. The van der Waals surface area contributed by atoms with Crippen LogP contribution in [0.15, 0.2) is 54.7 Å². The van der Waals surface area contributed by atoms with Crippen molar-refractivity contribution in [3.05, 3.63) is 60.5 Å². The van der Waals surface area contributed by atoms with Gasteiger partial charge in [-0.3, -0.25) is 4.40 Å². The number of fused-ring (bicyclic) bond motifs is 3. The third-order valence-electron chi connectivity index (χ3n) is 3.95. The fourth-order valence-corrected chi connectivity index (χ4v) is 2.95. The molecule has 0 aliphatic carbocycles. The Bertz CT molecular complexity index is 948. The van der Waals surface area contributed by atoms with Gasteiger partial charge >= 0.3 is 0 Å². The summed E-state index contributed by atoms with van der Waals surface area (Å²) in [6.45, 7) is 3.09. The van der Waals surface area contributed by atoms with Crippen LogP contribution in [0.5, 0.6) is 0 Å². The Morgan fingerprint density at radius 1 is 1.00 bits per heavy atom. The molecule has 0 bridgehead atoms. The quantitative estimate of drug-likeness (QED) is 0.545. The van der Waals surface area contributed by atoms with Crippen LogP contribution in [0, 0.1) is 5.82 Å². The van der Waals surface area contributed by atoms with Crippen LogP contribution in [0.25, 0.3) is 28.1 Å². The molecule has 0 aliphatic rings. The van der Waals surface area contributed by atoms with Crippen LogP contribution >= 0.6 is 0 Å². The smallest absolute Gasteiger partial charge is 0.215 e. The second kappa shape index (κ2) is 4.98. The number of imidazole rings is 2. The van der Waals surface area contributed by atoms with E-state index in [0.717, 1.165) is 35.5 Å². The maximum absolute atomic E-state index is 13.1. The Balaban J connectivity index is 1.97. The first kappa shape index (κ1) is 13.1. The van der Waals surface area contributed by atoms with E-state index in [1.165, 1.54) is 17.6 Å². The van der Waals surface area contributed by atoms with Gasteiger partial charge in [0.15, 0.2) is 0 Å². The number of halogens is 1. The van der Waals surface area contributed by atoms with Crippen LogP contribution in [-0.2, 0) is 6.54 Å². The zero-order valence-corrected chi connectivity index (χ0v) is 12.3. The lowest BCUT2D eigenvalue weighted by Gasteiger charge is -2.02. The minimum atomic E-state index is -0.228. The molecule has 2 heterocycles. The summed E-state index contributed by atoms with van der Waals surface area (Å²) in [5.74, 6) is 0.704. The van der Waals surface area contributed by atoms with E-state index in [1.54, 1.807) is 12.1 Å². The molecule has 0 fully saturated rings. The third kappa shape index (κ3) is 1.91. The molecule has 0 N–H and O–H groups in total. The molecule has 2 aromatic heterocycles. The molecule has 3 nitrogen and oxygen atoms in total. The minimum absolute atomic E-state index is 0.228. The van der Waals surface area contributed by atoms with E-state index in [9.17, 15) is 4.39 Å². The average Bonchev–Trinajstić information content (AvgIpc) is 3.08. The molecule has 2 aromatic carbocycles. The molecule has 22 heavy (non-hydrogen) atoms. The van der Waals surface area contributed by atoms with Gasteiger partial charge in [-0.2, -0.15) is 0 Å². The summed E-state index contributed by atoms with van der Waals surface area (Å²) >= 11 is 0. The van der Waals surface area contributed by atoms with Crippen molar-refractivity contribution in [2.75, 3.05) is 0 Å². The highest BCUT2D eigenvalue weighted by Crippen LogP contribution is 2.25. The average molecular weight is 293 g/mol. The van der Waals surface area contributed by atoms with Crippen molar-refractivity contribution in [3.8, 4) is 11.3 Å². The number of aryl methyl sites for hydroxylation is 1. The van der Waals surface area contributed by atoms with Crippen molar-refractivity contribution in [2.24, 2.45) is 0 Å². The van der Waals surface area contributed by atoms with Crippen molar-refractivity contribution in [1.82, 2.24) is 14.0 Å². The first-order chi connectivity index (χ1) is 10.8. The SMILES string of the molecule is CCCn1c2ccccc2n2cc(-c3ccc(F)cc3)nc12. The molecule has 0 radical (unpaired) electrons. The molecule has 4 aromatic rings. The maximum Gasteiger partial charge on any atom is 0.215 e. The van der Waals surface area contributed by atoms with Crippen LogP contribution < -0.4 is 0 Å². The van der Waals surface area contributed by atoms with Gasteiger partial charge in [-0.1, -0.05) is 19.1 Å². The highest BCUT2D eigenvalue weighted by Gasteiger charge is 2.13. The van der Waals surface area contributed by atoms with E-state index in [4.69, 9.17) is 4.98 Å². The molecule has 0 unspecified atom stereocenters. The molecule has 0 aliphatic heterocycles. The normalized spacial score (nSPS) is 11.5. The van der Waals surface area contributed by atoms with E-state index >= 15 is 0 Å². The fraction of sp³-hybridized carbons (Fsp3) is 0.167. The van der Waals surface area contributed by atoms with Crippen LogP contribution in [0.4, 0.5) is 4.39 Å². The number of hydrogen-bond acceptors (Lipinski definition) is 1. The van der Waals surface area contributed by atoms with Crippen molar-refractivity contribution in [2.45, 2.75) is 19.9 Å². The first-order valence-corrected chi connectivity index (χ1v) is 7.50. The van der Waals surface area contributed by atoms with Gasteiger partial charge in [0, 0.05) is 18.3 Å². The van der Waals surface area contributed by atoms with Crippen molar-refractivity contribution in [3.63, 3.8) is 0 Å². The molecule has 4 heteroatoms. The molecular weight excluding hydrogens is 277 g/mol. The highest BCUT2D eigenvalue weighted by atomic mass is 19.1. The van der Waals surface area contributed by atoms with E-state index in [0.29, 0.717) is 0 Å².